The third-order valence-electron chi connectivity index (χ3n) is 4.69. The zero-order valence-electron chi connectivity index (χ0n) is 18.7. The van der Waals surface area contributed by atoms with Gasteiger partial charge in [-0.3, -0.25) is 14.5 Å². The van der Waals surface area contributed by atoms with E-state index in [2.05, 4.69) is 9.73 Å². The number of carbonyl (C=O) groups excluding carboxylic acids is 2. The lowest BCUT2D eigenvalue weighted by Gasteiger charge is -2.18. The third kappa shape index (κ3) is 6.10. The molecular weight excluding hydrogens is 450 g/mol. The van der Waals surface area contributed by atoms with Crippen LogP contribution in [0.5, 0.6) is 5.75 Å². The Morgan fingerprint density at radius 3 is 2.27 bits per heavy atom. The van der Waals surface area contributed by atoms with E-state index >= 15 is 0 Å². The van der Waals surface area contributed by atoms with Crippen LogP contribution in [0.3, 0.4) is 0 Å². The van der Waals surface area contributed by atoms with Gasteiger partial charge in [-0.2, -0.15) is 8.78 Å². The van der Waals surface area contributed by atoms with Crippen molar-refractivity contribution in [1.82, 2.24) is 4.90 Å². The predicted octanol–water partition coefficient (Wildman–Crippen LogP) is 3.92. The molecule has 0 saturated heterocycles. The van der Waals surface area contributed by atoms with Crippen LogP contribution in [0.1, 0.15) is 5.56 Å². The fourth-order valence-electron chi connectivity index (χ4n) is 2.88. The van der Waals surface area contributed by atoms with Gasteiger partial charge in [-0.05, 0) is 48.0 Å². The monoisotopic (exact) mass is 474 g/mol. The average Bonchev–Trinajstić information content (AvgIpc) is 3.07. The van der Waals surface area contributed by atoms with E-state index in [1.165, 1.54) is 34.1 Å². The van der Waals surface area contributed by atoms with Crippen molar-refractivity contribution in [3.63, 3.8) is 0 Å². The second kappa shape index (κ2) is 10.5. The van der Waals surface area contributed by atoms with Gasteiger partial charge >= 0.3 is 6.61 Å². The van der Waals surface area contributed by atoms with Gasteiger partial charge in [0.2, 0.25) is 5.91 Å². The number of nitrogens with zero attached hydrogens (tertiary/aromatic N) is 4. The molecule has 1 aliphatic heterocycles. The summed E-state index contributed by atoms with van der Waals surface area (Å²) in [6, 6.07) is 13.3. The number of thioether (sulfide) groups is 1. The Bertz CT molecular complexity index is 1070. The summed E-state index contributed by atoms with van der Waals surface area (Å²) in [7, 11) is 7.16. The SMILES string of the molecule is CN(C)C(=O)CSC1=N/C(=C\c2ccc(N(C)C)cc2)C(=O)N1c1ccc(OC(F)F)cc1. The molecule has 0 fully saturated rings. The zero-order valence-corrected chi connectivity index (χ0v) is 19.5. The van der Waals surface area contributed by atoms with E-state index in [1.54, 1.807) is 20.2 Å². The largest absolute Gasteiger partial charge is 0.435 e. The Morgan fingerprint density at radius 1 is 1.09 bits per heavy atom. The first kappa shape index (κ1) is 24.2. The van der Waals surface area contributed by atoms with Gasteiger partial charge in [0.15, 0.2) is 5.17 Å². The number of alkyl halides is 2. The fourth-order valence-corrected chi connectivity index (χ4v) is 3.87. The minimum atomic E-state index is -2.94. The molecule has 3 rings (SSSR count). The third-order valence-corrected chi connectivity index (χ3v) is 5.61. The summed E-state index contributed by atoms with van der Waals surface area (Å²) in [5.41, 5.74) is 2.45. The van der Waals surface area contributed by atoms with Crippen LogP contribution in [-0.4, -0.2) is 62.4 Å². The van der Waals surface area contributed by atoms with Gasteiger partial charge in [-0.25, -0.2) is 4.99 Å². The number of benzene rings is 2. The molecule has 0 unspecified atom stereocenters. The number of anilines is 2. The second-order valence-electron chi connectivity index (χ2n) is 7.50. The number of ether oxygens (including phenoxy) is 1. The summed E-state index contributed by atoms with van der Waals surface area (Å²) in [4.78, 5) is 34.5. The quantitative estimate of drug-likeness (QED) is 0.569. The lowest BCUT2D eigenvalue weighted by molar-refractivity contribution is -0.125. The molecule has 0 radical (unpaired) electrons. The number of halogens is 2. The topological polar surface area (TPSA) is 65.5 Å². The highest BCUT2D eigenvalue weighted by Gasteiger charge is 2.32. The molecule has 0 aromatic heterocycles. The number of hydrogen-bond acceptors (Lipinski definition) is 6. The van der Waals surface area contributed by atoms with Crippen molar-refractivity contribution in [2.75, 3.05) is 43.7 Å². The van der Waals surface area contributed by atoms with E-state index in [0.29, 0.717) is 10.9 Å². The Balaban J connectivity index is 1.90. The molecule has 0 saturated carbocycles. The molecule has 0 N–H and O–H groups in total. The maximum absolute atomic E-state index is 13.2. The maximum Gasteiger partial charge on any atom is 0.387 e. The van der Waals surface area contributed by atoms with Crippen LogP contribution in [0.2, 0.25) is 0 Å². The van der Waals surface area contributed by atoms with E-state index in [-0.39, 0.29) is 29.0 Å². The minimum absolute atomic E-state index is 0.0222. The molecule has 0 aliphatic carbocycles. The molecule has 2 amide bonds. The van der Waals surface area contributed by atoms with Crippen molar-refractivity contribution >= 4 is 46.2 Å². The van der Waals surface area contributed by atoms with E-state index in [9.17, 15) is 18.4 Å². The summed E-state index contributed by atoms with van der Waals surface area (Å²) in [5.74, 6) is -0.444. The van der Waals surface area contributed by atoms with E-state index in [4.69, 9.17) is 0 Å². The smallest absolute Gasteiger partial charge is 0.387 e. The van der Waals surface area contributed by atoms with E-state index < -0.39 is 6.61 Å². The van der Waals surface area contributed by atoms with Gasteiger partial charge in [-0.15, -0.1) is 0 Å². The van der Waals surface area contributed by atoms with Crippen molar-refractivity contribution in [2.24, 2.45) is 4.99 Å². The summed E-state index contributed by atoms with van der Waals surface area (Å²) in [5, 5.41) is 0.328. The molecule has 33 heavy (non-hydrogen) atoms. The van der Waals surface area contributed by atoms with Crippen molar-refractivity contribution < 1.29 is 23.1 Å². The Hall–Kier alpha value is -3.40. The minimum Gasteiger partial charge on any atom is -0.435 e. The Morgan fingerprint density at radius 2 is 1.73 bits per heavy atom. The maximum atomic E-state index is 13.2. The molecule has 2 aromatic carbocycles. The fraction of sp³-hybridized carbons (Fsp3) is 0.261. The van der Waals surface area contributed by atoms with Gasteiger partial charge in [0.25, 0.3) is 5.91 Å². The van der Waals surface area contributed by atoms with Crippen molar-refractivity contribution in [3.05, 3.63) is 59.8 Å². The second-order valence-corrected chi connectivity index (χ2v) is 8.44. The van der Waals surface area contributed by atoms with Crippen LogP contribution < -0.4 is 14.5 Å². The molecule has 10 heteroatoms. The van der Waals surface area contributed by atoms with E-state index in [0.717, 1.165) is 23.0 Å². The molecule has 174 valence electrons. The number of amides is 2. The molecular formula is C23H24F2N4O3S. The van der Waals surface area contributed by atoms with Gasteiger partial charge in [0, 0.05) is 33.9 Å². The normalized spacial score (nSPS) is 14.6. The van der Waals surface area contributed by atoms with Gasteiger partial charge in [0.1, 0.15) is 11.4 Å². The first-order chi connectivity index (χ1) is 15.7. The highest BCUT2D eigenvalue weighted by atomic mass is 32.2. The summed E-state index contributed by atoms with van der Waals surface area (Å²) < 4.78 is 29.3. The standard InChI is InChI=1S/C23H24F2N4O3S/c1-27(2)16-7-5-15(6-8-16)13-19-21(31)29(23(26-19)33-14-20(30)28(3)4)17-9-11-18(12-10-17)32-22(24)25/h5-13,22H,14H2,1-4H3/b19-13-. The Kier molecular flexibility index (Phi) is 7.70. The number of rotatable bonds is 7. The number of hydrogen-bond donors (Lipinski definition) is 0. The number of amidine groups is 1. The average molecular weight is 475 g/mol. The first-order valence-corrected chi connectivity index (χ1v) is 10.9. The van der Waals surface area contributed by atoms with Gasteiger partial charge in [0.05, 0.1) is 11.4 Å². The molecule has 0 bridgehead atoms. The lowest BCUT2D eigenvalue weighted by Crippen LogP contribution is -2.32. The highest BCUT2D eigenvalue weighted by molar-refractivity contribution is 8.14. The van der Waals surface area contributed by atoms with Gasteiger partial charge < -0.3 is 14.5 Å². The summed E-state index contributed by atoms with van der Waals surface area (Å²) >= 11 is 1.13. The van der Waals surface area contributed by atoms with Gasteiger partial charge in [-0.1, -0.05) is 23.9 Å². The first-order valence-electron chi connectivity index (χ1n) is 9.96. The number of aliphatic imine (C=N–C) groups is 1. The van der Waals surface area contributed by atoms with Crippen LogP contribution >= 0.6 is 11.8 Å². The molecule has 1 heterocycles. The van der Waals surface area contributed by atoms with E-state index in [1.807, 2.05) is 43.3 Å². The van der Waals surface area contributed by atoms with Crippen LogP contribution in [0, 0.1) is 0 Å². The Labute approximate surface area is 195 Å². The molecule has 1 aliphatic rings. The number of carbonyl (C=O) groups is 2. The molecule has 0 atom stereocenters. The molecule has 7 nitrogen and oxygen atoms in total. The van der Waals surface area contributed by atoms with Crippen LogP contribution in [0.25, 0.3) is 6.08 Å². The van der Waals surface area contributed by atoms with Crippen molar-refractivity contribution in [2.45, 2.75) is 6.61 Å². The van der Waals surface area contributed by atoms with Crippen LogP contribution in [-0.2, 0) is 9.59 Å². The molecule has 0 spiro atoms. The predicted molar refractivity (Wildman–Crippen MR) is 128 cm³/mol. The van der Waals surface area contributed by atoms with Crippen LogP contribution in [0.15, 0.2) is 59.2 Å². The summed E-state index contributed by atoms with van der Waals surface area (Å²) in [6.45, 7) is -2.94. The van der Waals surface area contributed by atoms with Crippen LogP contribution in [0.4, 0.5) is 20.2 Å². The lowest BCUT2D eigenvalue weighted by atomic mass is 10.1. The summed E-state index contributed by atoms with van der Waals surface area (Å²) in [6.07, 6.45) is 1.67. The van der Waals surface area contributed by atoms with Crippen molar-refractivity contribution in [3.8, 4) is 5.75 Å². The van der Waals surface area contributed by atoms with Crippen molar-refractivity contribution in [1.29, 1.82) is 0 Å². The highest BCUT2D eigenvalue weighted by Crippen LogP contribution is 2.31. The molecule has 2 aromatic rings. The zero-order chi connectivity index (χ0) is 24.1.